The van der Waals surface area contributed by atoms with E-state index in [1.807, 2.05) is 0 Å². The Morgan fingerprint density at radius 1 is 0.667 bits per heavy atom. The van der Waals surface area contributed by atoms with Crippen molar-refractivity contribution in [3.63, 3.8) is 0 Å². The molecule has 0 unspecified atom stereocenters. The molecule has 0 aliphatic carbocycles. The zero-order chi connectivity index (χ0) is 17.6. The molecule has 0 aromatic heterocycles. The quantitative estimate of drug-likeness (QED) is 0.674. The van der Waals surface area contributed by atoms with Crippen molar-refractivity contribution < 1.29 is 9.47 Å². The third-order valence-electron chi connectivity index (χ3n) is 4.17. The fraction of sp³-hybridized carbons (Fsp3) is 1.00. The van der Waals surface area contributed by atoms with E-state index in [1.165, 1.54) is 0 Å². The molecule has 0 radical (unpaired) electrons. The molecular formula is C18H40N4O2. The number of morpholine rings is 2. The molecule has 144 valence electrons. The minimum absolute atomic E-state index is 0.603. The van der Waals surface area contributed by atoms with Crippen molar-refractivity contribution in [2.45, 2.75) is 39.8 Å². The van der Waals surface area contributed by atoms with Gasteiger partial charge in [0.15, 0.2) is 0 Å². The van der Waals surface area contributed by atoms with Gasteiger partial charge in [-0.2, -0.15) is 0 Å². The van der Waals surface area contributed by atoms with Crippen molar-refractivity contribution in [2.75, 3.05) is 78.8 Å². The summed E-state index contributed by atoms with van der Waals surface area (Å²) in [6.07, 6.45) is 0. The van der Waals surface area contributed by atoms with E-state index in [9.17, 15) is 0 Å². The molecule has 24 heavy (non-hydrogen) atoms. The molecule has 2 heterocycles. The first kappa shape index (κ1) is 21.8. The van der Waals surface area contributed by atoms with Gasteiger partial charge in [0.1, 0.15) is 0 Å². The molecule has 2 saturated heterocycles. The molecule has 0 amide bonds. The Hall–Kier alpha value is -0.240. The van der Waals surface area contributed by atoms with E-state index in [0.717, 1.165) is 78.8 Å². The number of hydrogen-bond donors (Lipinski definition) is 2. The van der Waals surface area contributed by atoms with Crippen LogP contribution in [0.1, 0.15) is 27.7 Å². The molecule has 0 atom stereocenters. The molecule has 0 bridgehead atoms. The van der Waals surface area contributed by atoms with Gasteiger partial charge in [0, 0.05) is 64.4 Å². The maximum atomic E-state index is 5.27. The minimum Gasteiger partial charge on any atom is -0.379 e. The van der Waals surface area contributed by atoms with Crippen LogP contribution in [0.3, 0.4) is 0 Å². The summed E-state index contributed by atoms with van der Waals surface area (Å²) in [4.78, 5) is 4.89. The van der Waals surface area contributed by atoms with Gasteiger partial charge in [0.25, 0.3) is 0 Å². The van der Waals surface area contributed by atoms with Crippen LogP contribution in [-0.2, 0) is 9.47 Å². The largest absolute Gasteiger partial charge is 0.379 e. The predicted octanol–water partition coefficient (Wildman–Crippen LogP) is 0.633. The number of rotatable bonds is 8. The van der Waals surface area contributed by atoms with Crippen LogP contribution in [-0.4, -0.2) is 101 Å². The lowest BCUT2D eigenvalue weighted by molar-refractivity contribution is 0.0382. The average molecular weight is 345 g/mol. The summed E-state index contributed by atoms with van der Waals surface area (Å²) in [7, 11) is 0. The highest BCUT2D eigenvalue weighted by Gasteiger charge is 2.09. The number of hydrogen-bond acceptors (Lipinski definition) is 6. The Labute approximate surface area is 149 Å². The number of nitrogens with one attached hydrogen (secondary N) is 2. The highest BCUT2D eigenvalue weighted by atomic mass is 16.5. The normalized spacial score (nSPS) is 20.2. The Morgan fingerprint density at radius 3 is 1.29 bits per heavy atom. The van der Waals surface area contributed by atoms with Crippen molar-refractivity contribution >= 4 is 0 Å². The second-order valence-electron chi connectivity index (χ2n) is 7.13. The van der Waals surface area contributed by atoms with Gasteiger partial charge in [-0.05, 0) is 0 Å². The van der Waals surface area contributed by atoms with E-state index in [-0.39, 0.29) is 0 Å². The van der Waals surface area contributed by atoms with E-state index in [2.05, 4.69) is 48.1 Å². The van der Waals surface area contributed by atoms with Gasteiger partial charge in [-0.15, -0.1) is 0 Å². The highest BCUT2D eigenvalue weighted by Crippen LogP contribution is 1.95. The first-order valence-electron chi connectivity index (χ1n) is 9.65. The molecule has 0 saturated carbocycles. The molecule has 0 aromatic rings. The fourth-order valence-corrected chi connectivity index (χ4v) is 2.67. The topological polar surface area (TPSA) is 49.0 Å². The number of ether oxygens (including phenoxy) is 2. The van der Waals surface area contributed by atoms with E-state index in [1.54, 1.807) is 0 Å². The van der Waals surface area contributed by atoms with Crippen LogP contribution in [0.25, 0.3) is 0 Å². The van der Waals surface area contributed by atoms with E-state index >= 15 is 0 Å². The van der Waals surface area contributed by atoms with Crippen molar-refractivity contribution in [1.29, 1.82) is 0 Å². The molecule has 2 aliphatic heterocycles. The lowest BCUT2D eigenvalue weighted by atomic mass is 10.3. The van der Waals surface area contributed by atoms with Crippen LogP contribution < -0.4 is 10.6 Å². The zero-order valence-corrected chi connectivity index (χ0v) is 16.4. The molecule has 2 N–H and O–H groups in total. The predicted molar refractivity (Wildman–Crippen MR) is 101 cm³/mol. The monoisotopic (exact) mass is 344 g/mol. The van der Waals surface area contributed by atoms with Crippen molar-refractivity contribution in [1.82, 2.24) is 20.4 Å². The Bertz CT molecular complexity index is 250. The molecule has 0 aromatic carbocycles. The maximum Gasteiger partial charge on any atom is 0.0594 e. The molecule has 0 spiro atoms. The summed E-state index contributed by atoms with van der Waals surface area (Å²) in [6.45, 7) is 21.2. The lowest BCUT2D eigenvalue weighted by Crippen LogP contribution is -2.41. The summed E-state index contributed by atoms with van der Waals surface area (Å²) < 4.78 is 10.5. The SMILES string of the molecule is CC(C)NCCN1CCOCC1.CC(C)NCCN1CCOCC1. The van der Waals surface area contributed by atoms with Gasteiger partial charge in [0.2, 0.25) is 0 Å². The third-order valence-corrected chi connectivity index (χ3v) is 4.17. The van der Waals surface area contributed by atoms with Gasteiger partial charge in [-0.25, -0.2) is 0 Å². The Kier molecular flexibility index (Phi) is 12.7. The van der Waals surface area contributed by atoms with Crippen LogP contribution in [0.15, 0.2) is 0 Å². The second-order valence-corrected chi connectivity index (χ2v) is 7.13. The van der Waals surface area contributed by atoms with Crippen molar-refractivity contribution in [3.8, 4) is 0 Å². The van der Waals surface area contributed by atoms with Crippen LogP contribution in [0.4, 0.5) is 0 Å². The number of nitrogens with zero attached hydrogens (tertiary/aromatic N) is 2. The zero-order valence-electron chi connectivity index (χ0n) is 16.4. The van der Waals surface area contributed by atoms with Crippen LogP contribution in [0, 0.1) is 0 Å². The third kappa shape index (κ3) is 12.2. The van der Waals surface area contributed by atoms with Gasteiger partial charge >= 0.3 is 0 Å². The van der Waals surface area contributed by atoms with Gasteiger partial charge in [0.05, 0.1) is 26.4 Å². The molecule has 2 aliphatic rings. The smallest absolute Gasteiger partial charge is 0.0594 e. The van der Waals surface area contributed by atoms with Gasteiger partial charge in [-0.1, -0.05) is 27.7 Å². The first-order valence-corrected chi connectivity index (χ1v) is 9.65. The standard InChI is InChI=1S/2C9H20N2O/c2*1-9(2)10-3-4-11-5-7-12-8-6-11/h2*9-10H,3-8H2,1-2H3. The van der Waals surface area contributed by atoms with Crippen LogP contribution in [0.2, 0.25) is 0 Å². The molecule has 2 fully saturated rings. The second kappa shape index (κ2) is 14.0. The minimum atomic E-state index is 0.603. The van der Waals surface area contributed by atoms with E-state index < -0.39 is 0 Å². The molecule has 6 nitrogen and oxygen atoms in total. The molecular weight excluding hydrogens is 304 g/mol. The van der Waals surface area contributed by atoms with Crippen molar-refractivity contribution in [2.24, 2.45) is 0 Å². The van der Waals surface area contributed by atoms with Crippen molar-refractivity contribution in [3.05, 3.63) is 0 Å². The highest BCUT2D eigenvalue weighted by molar-refractivity contribution is 4.65. The molecule has 2 rings (SSSR count). The van der Waals surface area contributed by atoms with Crippen LogP contribution in [0.5, 0.6) is 0 Å². The van der Waals surface area contributed by atoms with Gasteiger partial charge < -0.3 is 20.1 Å². The molecule has 6 heteroatoms. The maximum absolute atomic E-state index is 5.27. The summed E-state index contributed by atoms with van der Waals surface area (Å²) in [5.41, 5.74) is 0. The summed E-state index contributed by atoms with van der Waals surface area (Å²) in [6, 6.07) is 1.21. The van der Waals surface area contributed by atoms with E-state index in [4.69, 9.17) is 9.47 Å². The summed E-state index contributed by atoms with van der Waals surface area (Å²) >= 11 is 0. The van der Waals surface area contributed by atoms with Crippen LogP contribution >= 0.6 is 0 Å². The van der Waals surface area contributed by atoms with Gasteiger partial charge in [-0.3, -0.25) is 9.80 Å². The van der Waals surface area contributed by atoms with E-state index in [0.29, 0.717) is 12.1 Å². The lowest BCUT2D eigenvalue weighted by Gasteiger charge is -2.26. The summed E-state index contributed by atoms with van der Waals surface area (Å²) in [5.74, 6) is 0. The Balaban J connectivity index is 0.000000240. The summed E-state index contributed by atoms with van der Waals surface area (Å²) in [5, 5.41) is 6.82. The Morgan fingerprint density at radius 2 is 1.00 bits per heavy atom. The first-order chi connectivity index (χ1) is 11.6. The fourth-order valence-electron chi connectivity index (χ4n) is 2.67. The average Bonchev–Trinajstić information content (AvgIpc) is 2.57.